The van der Waals surface area contributed by atoms with E-state index in [9.17, 15) is 4.79 Å². The van der Waals surface area contributed by atoms with Crippen LogP contribution in [-0.2, 0) is 4.79 Å². The predicted octanol–water partition coefficient (Wildman–Crippen LogP) is 5.11. The first kappa shape index (κ1) is 20.2. The summed E-state index contributed by atoms with van der Waals surface area (Å²) >= 11 is 0. The molecule has 2 atom stereocenters. The van der Waals surface area contributed by atoms with Gasteiger partial charge in [0.05, 0.1) is 6.04 Å². The molecular weight excluding hydrogens is 350 g/mol. The monoisotopic (exact) mass is 381 g/mol. The van der Waals surface area contributed by atoms with Gasteiger partial charge in [0, 0.05) is 12.0 Å². The molecule has 4 heteroatoms. The van der Waals surface area contributed by atoms with Crippen LogP contribution in [0.5, 0.6) is 11.5 Å². The lowest BCUT2D eigenvalue weighted by molar-refractivity contribution is -0.128. The Balaban J connectivity index is 1.78. The minimum atomic E-state index is -0.584. The second-order valence-electron chi connectivity index (χ2n) is 8.63. The summed E-state index contributed by atoms with van der Waals surface area (Å²) in [5.41, 5.74) is 5.20. The van der Waals surface area contributed by atoms with Gasteiger partial charge in [-0.05, 0) is 77.3 Å². The van der Waals surface area contributed by atoms with E-state index in [4.69, 9.17) is 9.47 Å². The first-order valence-corrected chi connectivity index (χ1v) is 9.90. The van der Waals surface area contributed by atoms with Gasteiger partial charge >= 0.3 is 0 Å². The molecule has 0 saturated heterocycles. The second-order valence-corrected chi connectivity index (χ2v) is 8.63. The normalized spacial score (nSPS) is 18.6. The van der Waals surface area contributed by atoms with Crippen LogP contribution in [0.1, 0.15) is 61.1 Å². The van der Waals surface area contributed by atoms with Gasteiger partial charge in [-0.25, -0.2) is 0 Å². The van der Waals surface area contributed by atoms with Crippen molar-refractivity contribution in [3.63, 3.8) is 0 Å². The highest BCUT2D eigenvalue weighted by molar-refractivity contribution is 5.81. The number of rotatable bonds is 4. The topological polar surface area (TPSA) is 47.6 Å². The Morgan fingerprint density at radius 3 is 2.57 bits per heavy atom. The van der Waals surface area contributed by atoms with Gasteiger partial charge in [0.25, 0.3) is 5.91 Å². The standard InChI is InChI=1S/C24H31NO3/c1-14-8-9-21-19(11-14)20(13-24(6,7)28-21)25-23(26)18(5)27-22-12-15(2)10-16(3)17(22)4/h8-12,18,20H,13H2,1-7H3,(H,25,26)/t18-,20-/m0/s1. The minimum Gasteiger partial charge on any atom is -0.487 e. The smallest absolute Gasteiger partial charge is 0.261 e. The van der Waals surface area contributed by atoms with E-state index in [1.54, 1.807) is 6.92 Å². The molecule has 0 radical (unpaired) electrons. The quantitative estimate of drug-likeness (QED) is 0.801. The zero-order valence-corrected chi connectivity index (χ0v) is 18.0. The van der Waals surface area contributed by atoms with E-state index in [2.05, 4.69) is 24.4 Å². The molecule has 1 amide bonds. The number of ether oxygens (including phenoxy) is 2. The van der Waals surface area contributed by atoms with Crippen LogP contribution in [0.4, 0.5) is 0 Å². The first-order chi connectivity index (χ1) is 13.1. The third-order valence-corrected chi connectivity index (χ3v) is 5.38. The summed E-state index contributed by atoms with van der Waals surface area (Å²) in [4.78, 5) is 12.9. The van der Waals surface area contributed by atoms with Gasteiger partial charge in [-0.15, -0.1) is 0 Å². The Hall–Kier alpha value is -2.49. The molecule has 150 valence electrons. The van der Waals surface area contributed by atoms with Crippen molar-refractivity contribution in [2.45, 2.75) is 72.6 Å². The molecule has 0 fully saturated rings. The van der Waals surface area contributed by atoms with E-state index < -0.39 is 6.10 Å². The summed E-state index contributed by atoms with van der Waals surface area (Å²) in [6.07, 6.45) is 0.129. The lowest BCUT2D eigenvalue weighted by atomic mass is 9.89. The van der Waals surface area contributed by atoms with Gasteiger partial charge in [-0.3, -0.25) is 4.79 Å². The average Bonchev–Trinajstić information content (AvgIpc) is 2.59. The van der Waals surface area contributed by atoms with Crippen molar-refractivity contribution >= 4 is 5.91 Å². The Labute approximate surface area is 168 Å². The second kappa shape index (κ2) is 7.50. The third-order valence-electron chi connectivity index (χ3n) is 5.38. The minimum absolute atomic E-state index is 0.0995. The molecule has 1 heterocycles. The lowest BCUT2D eigenvalue weighted by Gasteiger charge is -2.38. The van der Waals surface area contributed by atoms with Crippen LogP contribution < -0.4 is 14.8 Å². The van der Waals surface area contributed by atoms with Crippen LogP contribution in [-0.4, -0.2) is 17.6 Å². The number of nitrogens with one attached hydrogen (secondary N) is 1. The van der Waals surface area contributed by atoms with Crippen molar-refractivity contribution in [1.82, 2.24) is 5.32 Å². The van der Waals surface area contributed by atoms with Crippen molar-refractivity contribution < 1.29 is 14.3 Å². The largest absolute Gasteiger partial charge is 0.487 e. The predicted molar refractivity (Wildman–Crippen MR) is 112 cm³/mol. The highest BCUT2D eigenvalue weighted by Gasteiger charge is 2.35. The molecule has 0 bridgehead atoms. The number of hydrogen-bond acceptors (Lipinski definition) is 3. The molecule has 4 nitrogen and oxygen atoms in total. The molecule has 0 spiro atoms. The molecule has 0 saturated carbocycles. The fourth-order valence-corrected chi connectivity index (χ4v) is 3.76. The van der Waals surface area contributed by atoms with Gasteiger partial charge in [-0.2, -0.15) is 0 Å². The van der Waals surface area contributed by atoms with Crippen LogP contribution >= 0.6 is 0 Å². The maximum Gasteiger partial charge on any atom is 0.261 e. The fourth-order valence-electron chi connectivity index (χ4n) is 3.76. The zero-order valence-electron chi connectivity index (χ0n) is 18.0. The summed E-state index contributed by atoms with van der Waals surface area (Å²) in [7, 11) is 0. The molecule has 2 aromatic carbocycles. The van der Waals surface area contributed by atoms with Crippen molar-refractivity contribution in [1.29, 1.82) is 0 Å². The SMILES string of the molecule is Cc1cc(C)c(C)c(O[C@@H](C)C(=O)N[C@H]2CC(C)(C)Oc3ccc(C)cc32)c1. The summed E-state index contributed by atoms with van der Waals surface area (Å²) in [6, 6.07) is 10.1. The number of fused-ring (bicyclic) bond motifs is 1. The molecule has 28 heavy (non-hydrogen) atoms. The Bertz CT molecular complexity index is 901. The van der Waals surface area contributed by atoms with Crippen LogP contribution in [0.15, 0.2) is 30.3 Å². The van der Waals surface area contributed by atoms with E-state index in [1.807, 2.05) is 52.8 Å². The van der Waals surface area contributed by atoms with Crippen LogP contribution in [0.2, 0.25) is 0 Å². The number of benzene rings is 2. The van der Waals surface area contributed by atoms with E-state index in [0.717, 1.165) is 39.3 Å². The fraction of sp³-hybridized carbons (Fsp3) is 0.458. The first-order valence-electron chi connectivity index (χ1n) is 9.90. The number of aryl methyl sites for hydroxylation is 3. The molecule has 1 N–H and O–H groups in total. The molecule has 0 aromatic heterocycles. The zero-order chi connectivity index (χ0) is 20.6. The molecular formula is C24H31NO3. The molecule has 0 aliphatic carbocycles. The van der Waals surface area contributed by atoms with Gasteiger partial charge in [0.2, 0.25) is 0 Å². The third kappa shape index (κ3) is 4.32. The van der Waals surface area contributed by atoms with Gasteiger partial charge < -0.3 is 14.8 Å². The molecule has 0 unspecified atom stereocenters. The Morgan fingerprint density at radius 1 is 1.14 bits per heavy atom. The van der Waals surface area contributed by atoms with E-state index in [-0.39, 0.29) is 17.6 Å². The summed E-state index contributed by atoms with van der Waals surface area (Å²) in [5, 5.41) is 3.18. The van der Waals surface area contributed by atoms with Gasteiger partial charge in [0.1, 0.15) is 17.1 Å². The van der Waals surface area contributed by atoms with E-state index >= 15 is 0 Å². The maximum atomic E-state index is 12.9. The van der Waals surface area contributed by atoms with E-state index in [1.165, 1.54) is 0 Å². The van der Waals surface area contributed by atoms with E-state index in [0.29, 0.717) is 6.42 Å². The Kier molecular flexibility index (Phi) is 5.42. The highest BCUT2D eigenvalue weighted by Crippen LogP contribution is 2.40. The lowest BCUT2D eigenvalue weighted by Crippen LogP contribution is -2.44. The molecule has 2 aromatic rings. The Morgan fingerprint density at radius 2 is 1.86 bits per heavy atom. The molecule has 3 rings (SSSR count). The van der Waals surface area contributed by atoms with Crippen molar-refractivity contribution in [3.05, 3.63) is 58.1 Å². The van der Waals surface area contributed by atoms with Gasteiger partial charge in [0.15, 0.2) is 6.10 Å². The van der Waals surface area contributed by atoms with Crippen LogP contribution in [0.3, 0.4) is 0 Å². The summed E-state index contributed by atoms with van der Waals surface area (Å²) in [6.45, 7) is 14.1. The van der Waals surface area contributed by atoms with Crippen LogP contribution in [0.25, 0.3) is 0 Å². The number of amides is 1. The summed E-state index contributed by atoms with van der Waals surface area (Å²) in [5.74, 6) is 1.49. The van der Waals surface area contributed by atoms with Crippen molar-refractivity contribution in [2.24, 2.45) is 0 Å². The average molecular weight is 382 g/mol. The van der Waals surface area contributed by atoms with Crippen molar-refractivity contribution in [2.75, 3.05) is 0 Å². The number of carbonyl (C=O) groups is 1. The van der Waals surface area contributed by atoms with Gasteiger partial charge in [-0.1, -0.05) is 23.8 Å². The maximum absolute atomic E-state index is 12.9. The number of carbonyl (C=O) groups excluding carboxylic acids is 1. The van der Waals surface area contributed by atoms with Crippen LogP contribution in [0, 0.1) is 27.7 Å². The highest BCUT2D eigenvalue weighted by atomic mass is 16.5. The molecule has 1 aliphatic rings. The van der Waals surface area contributed by atoms with Crippen molar-refractivity contribution in [3.8, 4) is 11.5 Å². The summed E-state index contributed by atoms with van der Waals surface area (Å²) < 4.78 is 12.1. The molecule has 1 aliphatic heterocycles. The number of hydrogen-bond donors (Lipinski definition) is 1.